The molecule has 0 saturated heterocycles. The van der Waals surface area contributed by atoms with Gasteiger partial charge in [-0.25, -0.2) is 0 Å². The van der Waals surface area contributed by atoms with Gasteiger partial charge in [0.05, 0.1) is 0 Å². The molecule has 1 unspecified atom stereocenters. The topological polar surface area (TPSA) is 0 Å². The normalized spacial score (nSPS) is 20.9. The van der Waals surface area contributed by atoms with Gasteiger partial charge in [0.2, 0.25) is 0 Å². The van der Waals surface area contributed by atoms with E-state index < -0.39 is 0 Å². The summed E-state index contributed by atoms with van der Waals surface area (Å²) in [7, 11) is 0. The minimum absolute atomic E-state index is 0. The van der Waals surface area contributed by atoms with Crippen LogP contribution in [0.5, 0.6) is 0 Å². The smallest absolute Gasteiger partial charge is 0.147 e. The molecule has 0 bridgehead atoms. The van der Waals surface area contributed by atoms with E-state index in [0.717, 1.165) is 0 Å². The van der Waals surface area contributed by atoms with Crippen LogP contribution < -0.4 is 0 Å². The molecule has 0 radical (unpaired) electrons. The Morgan fingerprint density at radius 2 is 1.40 bits per heavy atom. The summed E-state index contributed by atoms with van der Waals surface area (Å²) in [5, 5.41) is 0. The van der Waals surface area contributed by atoms with Crippen LogP contribution in [0.3, 0.4) is 0 Å². The fourth-order valence-corrected chi connectivity index (χ4v) is 3.39. The first-order chi connectivity index (χ1) is 5.80. The molecule has 0 heterocycles. The Balaban J connectivity index is 0. The zero-order valence-electron chi connectivity index (χ0n) is 10.4. The summed E-state index contributed by atoms with van der Waals surface area (Å²) in [6, 6.07) is 0. The molecule has 0 aliphatic heterocycles. The summed E-state index contributed by atoms with van der Waals surface area (Å²) < 4.78 is 0.669. The molecule has 3 heteroatoms. The quantitative estimate of drug-likeness (QED) is 0.602. The Morgan fingerprint density at radius 1 is 1.00 bits per heavy atom. The summed E-state index contributed by atoms with van der Waals surface area (Å²) in [6.45, 7) is 13.8. The Kier molecular flexibility index (Phi) is 7.15. The second-order valence-electron chi connectivity index (χ2n) is 4.64. The standard InChI is InChI=1S/C12H19.2ClH.Ti/c1-7-11-9(3)8(2)10(4)12(11,5)6;;;/h7H,1-6H3;2*1H;. The summed E-state index contributed by atoms with van der Waals surface area (Å²) in [6.07, 6.45) is 0. The van der Waals surface area contributed by atoms with Gasteiger partial charge in [-0.3, -0.25) is 0 Å². The van der Waals surface area contributed by atoms with Gasteiger partial charge in [0.1, 0.15) is 0 Å². The summed E-state index contributed by atoms with van der Waals surface area (Å²) in [5.74, 6) is 0. The molecule has 15 heavy (non-hydrogen) atoms. The summed E-state index contributed by atoms with van der Waals surface area (Å²) >= 11 is 2.30. The molecular weight excluding hydrogens is 263 g/mol. The van der Waals surface area contributed by atoms with E-state index in [4.69, 9.17) is 0 Å². The zero-order chi connectivity index (χ0) is 10.4. The van der Waals surface area contributed by atoms with Gasteiger partial charge in [-0.2, -0.15) is 0 Å². The first-order valence-electron chi connectivity index (χ1n) is 4.90. The molecular formula is C12H21Cl2Ti. The first kappa shape index (κ1) is 18.1. The van der Waals surface area contributed by atoms with Gasteiger partial charge in [-0.15, -0.1) is 24.8 Å². The van der Waals surface area contributed by atoms with Crippen molar-refractivity contribution in [3.63, 3.8) is 0 Å². The average molecular weight is 284 g/mol. The van der Waals surface area contributed by atoms with Crippen molar-refractivity contribution in [2.24, 2.45) is 5.41 Å². The third kappa shape index (κ3) is 2.91. The second kappa shape index (κ2) is 5.91. The van der Waals surface area contributed by atoms with E-state index in [9.17, 15) is 0 Å². The van der Waals surface area contributed by atoms with E-state index >= 15 is 0 Å². The van der Waals surface area contributed by atoms with Crippen molar-refractivity contribution < 1.29 is 20.4 Å². The molecule has 0 spiro atoms. The van der Waals surface area contributed by atoms with Crippen LogP contribution in [0.2, 0.25) is 4.22 Å². The fraction of sp³-hybridized carbons (Fsp3) is 0.667. The van der Waals surface area contributed by atoms with Gasteiger partial charge in [0.25, 0.3) is 0 Å². The molecule has 0 N–H and O–H groups in total. The van der Waals surface area contributed by atoms with Crippen LogP contribution in [-0.4, -0.2) is 0 Å². The van der Waals surface area contributed by atoms with Crippen LogP contribution in [0.1, 0.15) is 41.5 Å². The molecule has 0 nitrogen and oxygen atoms in total. The molecule has 1 aliphatic carbocycles. The molecule has 87 valence electrons. The molecule has 0 aromatic heterocycles. The van der Waals surface area contributed by atoms with Gasteiger partial charge >= 0.3 is 93.9 Å². The van der Waals surface area contributed by atoms with Crippen LogP contribution in [-0.2, 0) is 20.4 Å². The fourth-order valence-electron chi connectivity index (χ4n) is 2.49. The minimum atomic E-state index is 0. The second-order valence-corrected chi connectivity index (χ2v) is 5.99. The molecule has 1 atom stereocenters. The molecule has 1 aliphatic rings. The zero-order valence-corrected chi connectivity index (χ0v) is 13.6. The van der Waals surface area contributed by atoms with E-state index in [1.54, 1.807) is 11.1 Å². The third-order valence-electron chi connectivity index (χ3n) is 3.57. The van der Waals surface area contributed by atoms with Crippen molar-refractivity contribution >= 4 is 24.8 Å². The maximum absolute atomic E-state index is 2.34. The van der Waals surface area contributed by atoms with Crippen LogP contribution in [0.15, 0.2) is 22.3 Å². The molecule has 0 aromatic rings. The number of allylic oxidation sites excluding steroid dienone is 4. The Bertz CT molecular complexity index is 299. The van der Waals surface area contributed by atoms with Gasteiger partial charge in [-0.05, 0) is 0 Å². The van der Waals surface area contributed by atoms with Crippen molar-refractivity contribution in [3.05, 3.63) is 22.3 Å². The third-order valence-corrected chi connectivity index (χ3v) is 4.02. The van der Waals surface area contributed by atoms with Crippen molar-refractivity contribution in [3.8, 4) is 0 Å². The maximum Gasteiger partial charge on any atom is -0.147 e. The van der Waals surface area contributed by atoms with Gasteiger partial charge in [0.15, 0.2) is 0 Å². The van der Waals surface area contributed by atoms with Crippen molar-refractivity contribution in [1.29, 1.82) is 0 Å². The monoisotopic (exact) mass is 283 g/mol. The Morgan fingerprint density at radius 3 is 1.53 bits per heavy atom. The predicted octanol–water partition coefficient (Wildman–Crippen LogP) is 4.88. The van der Waals surface area contributed by atoms with Gasteiger partial charge < -0.3 is 0 Å². The summed E-state index contributed by atoms with van der Waals surface area (Å²) in [4.78, 5) is 0. The Labute approximate surface area is 118 Å². The van der Waals surface area contributed by atoms with Crippen molar-refractivity contribution in [2.45, 2.75) is 45.8 Å². The van der Waals surface area contributed by atoms with Gasteiger partial charge in [0, 0.05) is 0 Å². The van der Waals surface area contributed by atoms with Crippen LogP contribution in [0.4, 0.5) is 0 Å². The van der Waals surface area contributed by atoms with Crippen LogP contribution in [0.25, 0.3) is 0 Å². The van der Waals surface area contributed by atoms with Crippen molar-refractivity contribution in [2.75, 3.05) is 0 Å². The first-order valence-corrected chi connectivity index (χ1v) is 5.81. The number of hydrogen-bond donors (Lipinski definition) is 0. The average Bonchev–Trinajstić information content (AvgIpc) is 2.12. The van der Waals surface area contributed by atoms with Crippen LogP contribution in [0, 0.1) is 5.41 Å². The van der Waals surface area contributed by atoms with Crippen molar-refractivity contribution in [1.82, 2.24) is 0 Å². The number of rotatable bonds is 1. The molecule has 0 aromatic carbocycles. The van der Waals surface area contributed by atoms with E-state index in [0.29, 0.717) is 9.64 Å². The number of halogens is 2. The van der Waals surface area contributed by atoms with E-state index in [-0.39, 0.29) is 24.8 Å². The molecule has 0 saturated carbocycles. The SMILES string of the molecule is CC1=C(C)C(C)(C)C([CH](C)[Ti])=C1C.Cl.Cl. The largest absolute Gasteiger partial charge is 0.147 e. The molecule has 0 fully saturated rings. The minimum Gasteiger partial charge on any atom is -0.147 e. The molecule has 1 rings (SSSR count). The molecule has 0 amide bonds. The van der Waals surface area contributed by atoms with Gasteiger partial charge in [-0.1, -0.05) is 0 Å². The maximum atomic E-state index is 2.34. The van der Waals surface area contributed by atoms with E-state index in [1.807, 2.05) is 0 Å². The van der Waals surface area contributed by atoms with Crippen LogP contribution >= 0.6 is 24.8 Å². The van der Waals surface area contributed by atoms with E-state index in [1.165, 1.54) is 11.1 Å². The summed E-state index contributed by atoms with van der Waals surface area (Å²) in [5.41, 5.74) is 6.50. The number of hydrogen-bond acceptors (Lipinski definition) is 0. The Hall–Kier alpha value is 0.774. The predicted molar refractivity (Wildman–Crippen MR) is 68.8 cm³/mol. The van der Waals surface area contributed by atoms with E-state index in [2.05, 4.69) is 62.0 Å².